The number of carbonyl (C=O) groups excluding carboxylic acids is 1. The Labute approximate surface area is 154 Å². The molecule has 5 heteroatoms. The molecule has 3 nitrogen and oxygen atoms in total. The van der Waals surface area contributed by atoms with Gasteiger partial charge in [0, 0.05) is 4.88 Å². The highest BCUT2D eigenvalue weighted by Gasteiger charge is 2.22. The van der Waals surface area contributed by atoms with Crippen molar-refractivity contribution >= 4 is 29.7 Å². The third kappa shape index (κ3) is 5.62. The number of hydrogen-bond donors (Lipinski definition) is 2. The van der Waals surface area contributed by atoms with Gasteiger partial charge in [-0.3, -0.25) is 4.79 Å². The molecule has 24 heavy (non-hydrogen) atoms. The quantitative estimate of drug-likeness (QED) is 0.746. The molecular weight excluding hydrogens is 340 g/mol. The van der Waals surface area contributed by atoms with E-state index in [0.29, 0.717) is 6.54 Å². The Morgan fingerprint density at radius 1 is 1.25 bits per heavy atom. The van der Waals surface area contributed by atoms with Crippen LogP contribution in [0.3, 0.4) is 0 Å². The Kier molecular flexibility index (Phi) is 7.28. The molecule has 1 amide bonds. The summed E-state index contributed by atoms with van der Waals surface area (Å²) in [6, 6.07) is 12.5. The minimum atomic E-state index is 0. The molecule has 0 bridgehead atoms. The average molecular weight is 365 g/mol. The first-order valence-corrected chi connectivity index (χ1v) is 9.18. The minimum Gasteiger partial charge on any atom is -0.347 e. The van der Waals surface area contributed by atoms with E-state index in [1.54, 1.807) is 11.3 Å². The van der Waals surface area contributed by atoms with E-state index in [1.807, 2.05) is 18.2 Å². The van der Waals surface area contributed by atoms with Crippen molar-refractivity contribution in [1.82, 2.24) is 10.6 Å². The first kappa shape index (κ1) is 19.0. The van der Waals surface area contributed by atoms with Gasteiger partial charge in [0.05, 0.1) is 12.6 Å². The first-order valence-electron chi connectivity index (χ1n) is 8.30. The summed E-state index contributed by atoms with van der Waals surface area (Å²) in [4.78, 5) is 13.5. The van der Waals surface area contributed by atoms with Crippen LogP contribution in [-0.4, -0.2) is 19.0 Å². The van der Waals surface area contributed by atoms with Crippen LogP contribution in [0.1, 0.15) is 34.9 Å². The molecule has 1 aliphatic rings. The maximum absolute atomic E-state index is 12.3. The van der Waals surface area contributed by atoms with E-state index in [0.717, 1.165) is 18.9 Å². The molecule has 3 rings (SSSR count). The second-order valence-corrected chi connectivity index (χ2v) is 7.30. The minimum absolute atomic E-state index is 0. The Bertz CT molecular complexity index is 640. The van der Waals surface area contributed by atoms with E-state index in [4.69, 9.17) is 0 Å². The van der Waals surface area contributed by atoms with Crippen molar-refractivity contribution in [1.29, 1.82) is 0 Å². The predicted molar refractivity (Wildman–Crippen MR) is 103 cm³/mol. The van der Waals surface area contributed by atoms with E-state index in [1.165, 1.54) is 28.8 Å². The van der Waals surface area contributed by atoms with Gasteiger partial charge in [0.1, 0.15) is 0 Å². The number of benzene rings is 1. The fourth-order valence-corrected chi connectivity index (χ4v) is 3.74. The van der Waals surface area contributed by atoms with Gasteiger partial charge < -0.3 is 10.6 Å². The molecular formula is C19H25ClN2OS. The summed E-state index contributed by atoms with van der Waals surface area (Å²) in [5, 5.41) is 8.58. The van der Waals surface area contributed by atoms with Gasteiger partial charge in [0.2, 0.25) is 5.91 Å². The van der Waals surface area contributed by atoms with Gasteiger partial charge in [-0.2, -0.15) is 0 Å². The van der Waals surface area contributed by atoms with Crippen LogP contribution in [0, 0.1) is 12.8 Å². The summed E-state index contributed by atoms with van der Waals surface area (Å²) >= 11 is 1.72. The summed E-state index contributed by atoms with van der Waals surface area (Å²) in [5.74, 6) is 0.877. The zero-order valence-electron chi connectivity index (χ0n) is 14.0. The number of halogens is 1. The summed E-state index contributed by atoms with van der Waals surface area (Å²) in [6.45, 7) is 3.49. The number of thiophene rings is 1. The van der Waals surface area contributed by atoms with Crippen molar-refractivity contribution in [2.24, 2.45) is 5.92 Å². The third-order valence-electron chi connectivity index (χ3n) is 4.25. The van der Waals surface area contributed by atoms with Gasteiger partial charge in [-0.25, -0.2) is 0 Å². The van der Waals surface area contributed by atoms with Crippen LogP contribution in [0.5, 0.6) is 0 Å². The smallest absolute Gasteiger partial charge is 0.234 e. The SMILES string of the molecule is Cc1ccsc1C(Cc1ccccc1)NC(=O)CNCC1CC1.Cl. The topological polar surface area (TPSA) is 41.1 Å². The lowest BCUT2D eigenvalue weighted by Gasteiger charge is -2.19. The molecule has 1 aromatic carbocycles. The van der Waals surface area contributed by atoms with Crippen LogP contribution in [0.15, 0.2) is 41.8 Å². The molecule has 130 valence electrons. The molecule has 0 spiro atoms. The zero-order chi connectivity index (χ0) is 16.1. The van der Waals surface area contributed by atoms with Crippen molar-refractivity contribution in [2.75, 3.05) is 13.1 Å². The molecule has 1 aliphatic carbocycles. The Morgan fingerprint density at radius 2 is 2.00 bits per heavy atom. The van der Waals surface area contributed by atoms with E-state index in [9.17, 15) is 4.79 Å². The molecule has 2 N–H and O–H groups in total. The van der Waals surface area contributed by atoms with Crippen molar-refractivity contribution in [3.8, 4) is 0 Å². The van der Waals surface area contributed by atoms with Gasteiger partial charge in [0.25, 0.3) is 0 Å². The van der Waals surface area contributed by atoms with Crippen LogP contribution in [-0.2, 0) is 11.2 Å². The van der Waals surface area contributed by atoms with Gasteiger partial charge in [0.15, 0.2) is 0 Å². The normalized spacial score (nSPS) is 14.7. The lowest BCUT2D eigenvalue weighted by atomic mass is 10.0. The van der Waals surface area contributed by atoms with Gasteiger partial charge >= 0.3 is 0 Å². The molecule has 1 saturated carbocycles. The third-order valence-corrected chi connectivity index (χ3v) is 5.38. The van der Waals surface area contributed by atoms with Crippen LogP contribution in [0.25, 0.3) is 0 Å². The van der Waals surface area contributed by atoms with Crippen molar-refractivity contribution in [2.45, 2.75) is 32.2 Å². The van der Waals surface area contributed by atoms with Crippen molar-refractivity contribution in [3.05, 3.63) is 57.8 Å². The zero-order valence-corrected chi connectivity index (χ0v) is 15.6. The van der Waals surface area contributed by atoms with E-state index >= 15 is 0 Å². The lowest BCUT2D eigenvalue weighted by Crippen LogP contribution is -2.37. The number of hydrogen-bond acceptors (Lipinski definition) is 3. The molecule has 0 saturated heterocycles. The predicted octanol–water partition coefficient (Wildman–Crippen LogP) is 3.88. The van der Waals surface area contributed by atoms with E-state index < -0.39 is 0 Å². The molecule has 0 radical (unpaired) electrons. The standard InChI is InChI=1S/C19H24N2OS.ClH/c1-14-9-10-23-19(14)17(11-15-5-3-2-4-6-15)21-18(22)13-20-12-16-7-8-16;/h2-6,9-10,16-17,20H,7-8,11-13H2,1H3,(H,21,22);1H. The highest BCUT2D eigenvalue weighted by Crippen LogP contribution is 2.28. The second kappa shape index (κ2) is 9.21. The van der Waals surface area contributed by atoms with Gasteiger partial charge in [-0.15, -0.1) is 23.7 Å². The monoisotopic (exact) mass is 364 g/mol. The molecule has 1 aromatic heterocycles. The molecule has 1 heterocycles. The highest BCUT2D eigenvalue weighted by atomic mass is 35.5. The Balaban J connectivity index is 0.00000208. The fraction of sp³-hybridized carbons (Fsp3) is 0.421. The number of rotatable bonds is 8. The summed E-state index contributed by atoms with van der Waals surface area (Å²) in [5.41, 5.74) is 2.50. The largest absolute Gasteiger partial charge is 0.347 e. The molecule has 1 unspecified atom stereocenters. The first-order chi connectivity index (χ1) is 11.2. The molecule has 2 aromatic rings. The average Bonchev–Trinajstić information content (AvgIpc) is 3.27. The number of amides is 1. The highest BCUT2D eigenvalue weighted by molar-refractivity contribution is 7.10. The summed E-state index contributed by atoms with van der Waals surface area (Å²) < 4.78 is 0. The Morgan fingerprint density at radius 3 is 2.62 bits per heavy atom. The van der Waals surface area contributed by atoms with Crippen LogP contribution in [0.2, 0.25) is 0 Å². The van der Waals surface area contributed by atoms with Crippen molar-refractivity contribution in [3.63, 3.8) is 0 Å². The molecule has 0 aliphatic heterocycles. The number of carbonyl (C=O) groups is 1. The number of aryl methyl sites for hydroxylation is 1. The van der Waals surface area contributed by atoms with Crippen LogP contribution >= 0.6 is 23.7 Å². The van der Waals surface area contributed by atoms with Gasteiger partial charge in [-0.1, -0.05) is 30.3 Å². The van der Waals surface area contributed by atoms with E-state index in [-0.39, 0.29) is 24.4 Å². The van der Waals surface area contributed by atoms with Crippen molar-refractivity contribution < 1.29 is 4.79 Å². The maximum Gasteiger partial charge on any atom is 0.234 e. The summed E-state index contributed by atoms with van der Waals surface area (Å²) in [6.07, 6.45) is 3.44. The molecule has 1 fully saturated rings. The summed E-state index contributed by atoms with van der Waals surface area (Å²) in [7, 11) is 0. The fourth-order valence-electron chi connectivity index (χ4n) is 2.76. The van der Waals surface area contributed by atoms with Crippen LogP contribution in [0.4, 0.5) is 0 Å². The molecule has 1 atom stereocenters. The van der Waals surface area contributed by atoms with Crippen LogP contribution < -0.4 is 10.6 Å². The maximum atomic E-state index is 12.3. The number of nitrogens with one attached hydrogen (secondary N) is 2. The second-order valence-electron chi connectivity index (χ2n) is 6.35. The lowest BCUT2D eigenvalue weighted by molar-refractivity contribution is -0.121. The Hall–Kier alpha value is -1.36. The van der Waals surface area contributed by atoms with Gasteiger partial charge in [-0.05, 0) is 61.2 Å². The van der Waals surface area contributed by atoms with E-state index in [2.05, 4.69) is 41.1 Å².